The summed E-state index contributed by atoms with van der Waals surface area (Å²) in [5, 5.41) is 30.3. The number of sulfone groups is 1. The lowest BCUT2D eigenvalue weighted by molar-refractivity contribution is -0.217. The second-order valence-electron chi connectivity index (χ2n) is 5.72. The van der Waals surface area contributed by atoms with E-state index in [0.717, 1.165) is 11.0 Å². The lowest BCUT2D eigenvalue weighted by Gasteiger charge is -2.39. The van der Waals surface area contributed by atoms with Crippen LogP contribution in [-0.2, 0) is 14.6 Å². The van der Waals surface area contributed by atoms with E-state index in [2.05, 4.69) is 0 Å². The number of hydrogen-bond donors (Lipinski definition) is 3. The Balaban J connectivity index is 1.95. The molecule has 2 rings (SSSR count). The van der Waals surface area contributed by atoms with Crippen molar-refractivity contribution in [3.8, 4) is 0 Å². The molecule has 23 heavy (non-hydrogen) atoms. The summed E-state index contributed by atoms with van der Waals surface area (Å²) in [6, 6.07) is 9.05. The van der Waals surface area contributed by atoms with Gasteiger partial charge in [-0.05, 0) is 25.0 Å². The molecular formula is C16H22O6S. The Morgan fingerprint density at radius 2 is 1.74 bits per heavy atom. The Morgan fingerprint density at radius 1 is 1.09 bits per heavy atom. The summed E-state index contributed by atoms with van der Waals surface area (Å²) in [6.07, 6.45) is -3.79. The maximum atomic E-state index is 12.0. The van der Waals surface area contributed by atoms with Crippen molar-refractivity contribution >= 4 is 15.9 Å². The highest BCUT2D eigenvalue weighted by atomic mass is 32.2. The topological polar surface area (TPSA) is 104 Å². The second kappa shape index (κ2) is 7.55. The van der Waals surface area contributed by atoms with Gasteiger partial charge in [0.05, 0.1) is 18.0 Å². The van der Waals surface area contributed by atoms with Gasteiger partial charge in [-0.1, -0.05) is 30.3 Å². The number of hydrogen-bond acceptors (Lipinski definition) is 6. The van der Waals surface area contributed by atoms with Gasteiger partial charge >= 0.3 is 0 Å². The average molecular weight is 342 g/mol. The average Bonchev–Trinajstić information content (AvgIpc) is 2.54. The van der Waals surface area contributed by atoms with E-state index < -0.39 is 40.4 Å². The highest BCUT2D eigenvalue weighted by molar-refractivity contribution is 7.94. The van der Waals surface area contributed by atoms with Gasteiger partial charge in [0, 0.05) is 5.41 Å². The fourth-order valence-corrected chi connectivity index (χ4v) is 3.53. The van der Waals surface area contributed by atoms with E-state index in [1.165, 1.54) is 6.08 Å². The van der Waals surface area contributed by atoms with Crippen LogP contribution in [0.3, 0.4) is 0 Å². The fourth-order valence-electron chi connectivity index (χ4n) is 2.47. The molecule has 3 N–H and O–H groups in total. The largest absolute Gasteiger partial charge is 0.388 e. The van der Waals surface area contributed by atoms with Crippen LogP contribution in [0, 0.1) is 0 Å². The smallest absolute Gasteiger partial charge is 0.171 e. The number of rotatable bonds is 5. The number of aliphatic hydroxyl groups excluding tert-OH is 3. The molecule has 0 amide bonds. The van der Waals surface area contributed by atoms with Gasteiger partial charge in [-0.15, -0.1) is 0 Å². The maximum absolute atomic E-state index is 12.0. The zero-order valence-electron chi connectivity index (χ0n) is 12.8. The van der Waals surface area contributed by atoms with Crippen LogP contribution in [0.2, 0.25) is 0 Å². The minimum Gasteiger partial charge on any atom is -0.388 e. The molecule has 0 spiro atoms. The van der Waals surface area contributed by atoms with E-state index >= 15 is 0 Å². The van der Waals surface area contributed by atoms with Crippen molar-refractivity contribution in [1.82, 2.24) is 0 Å². The summed E-state index contributed by atoms with van der Waals surface area (Å²) in [5.74, 6) is -0.215. The van der Waals surface area contributed by atoms with Gasteiger partial charge < -0.3 is 20.1 Å². The lowest BCUT2D eigenvalue weighted by Crippen LogP contribution is -2.56. The highest BCUT2D eigenvalue weighted by Gasteiger charge is 2.41. The molecule has 128 valence electrons. The van der Waals surface area contributed by atoms with Gasteiger partial charge in [0.1, 0.15) is 18.3 Å². The van der Waals surface area contributed by atoms with Crippen molar-refractivity contribution in [3.63, 3.8) is 0 Å². The maximum Gasteiger partial charge on any atom is 0.171 e. The summed E-state index contributed by atoms with van der Waals surface area (Å²) in [5.41, 5.74) is 0.775. The standard InChI is InChI=1S/C16H22O6S/c1-11-14(17)16(19)15(18)13(22-11)8-10-23(20,21)9-7-12-5-3-2-4-6-12/h2-7,9,11,13-19H,8,10H2,1H3/b9-7+/t11?,13-,14-,15?,16+/m1/s1. The van der Waals surface area contributed by atoms with Gasteiger partial charge in [-0.3, -0.25) is 0 Å². The Morgan fingerprint density at radius 3 is 2.39 bits per heavy atom. The van der Waals surface area contributed by atoms with E-state index in [4.69, 9.17) is 4.74 Å². The number of aliphatic hydroxyl groups is 3. The van der Waals surface area contributed by atoms with E-state index in [0.29, 0.717) is 0 Å². The highest BCUT2D eigenvalue weighted by Crippen LogP contribution is 2.23. The molecule has 0 saturated carbocycles. The predicted octanol–water partition coefficient (Wildman–Crippen LogP) is 0.332. The van der Waals surface area contributed by atoms with Crippen LogP contribution in [0.1, 0.15) is 18.9 Å². The number of benzene rings is 1. The monoisotopic (exact) mass is 342 g/mol. The molecule has 1 saturated heterocycles. The molecule has 1 aliphatic rings. The molecule has 5 atom stereocenters. The SMILES string of the molecule is CC1O[C@H](CCS(=O)(=O)/C=C/c2ccccc2)C(O)[C@@H](O)[C@@H]1O. The van der Waals surface area contributed by atoms with Gasteiger partial charge in [0.2, 0.25) is 0 Å². The molecule has 0 bridgehead atoms. The normalized spacial score (nSPS) is 32.3. The first-order valence-corrected chi connectivity index (χ1v) is 9.17. The quantitative estimate of drug-likeness (QED) is 0.712. The van der Waals surface area contributed by atoms with Crippen LogP contribution in [0.25, 0.3) is 6.08 Å². The molecule has 1 aliphatic heterocycles. The molecule has 1 aromatic carbocycles. The van der Waals surface area contributed by atoms with Crippen molar-refractivity contribution in [3.05, 3.63) is 41.3 Å². The molecular weight excluding hydrogens is 320 g/mol. The van der Waals surface area contributed by atoms with Crippen LogP contribution in [0.4, 0.5) is 0 Å². The summed E-state index contributed by atoms with van der Waals surface area (Å²) < 4.78 is 29.5. The van der Waals surface area contributed by atoms with Gasteiger partial charge in [0.15, 0.2) is 9.84 Å². The molecule has 1 aromatic rings. The van der Waals surface area contributed by atoms with E-state index in [-0.39, 0.29) is 12.2 Å². The molecule has 1 fully saturated rings. The van der Waals surface area contributed by atoms with Gasteiger partial charge in [-0.2, -0.15) is 0 Å². The summed E-state index contributed by atoms with van der Waals surface area (Å²) >= 11 is 0. The van der Waals surface area contributed by atoms with E-state index in [9.17, 15) is 23.7 Å². The molecule has 7 heteroatoms. The van der Waals surface area contributed by atoms with Crippen molar-refractivity contribution in [1.29, 1.82) is 0 Å². The van der Waals surface area contributed by atoms with E-state index in [1.807, 2.05) is 18.2 Å². The predicted molar refractivity (Wildman–Crippen MR) is 86.2 cm³/mol. The van der Waals surface area contributed by atoms with Crippen LogP contribution < -0.4 is 0 Å². The minimum atomic E-state index is -3.47. The Hall–Kier alpha value is -1.25. The van der Waals surface area contributed by atoms with Crippen molar-refractivity contribution in [2.45, 2.75) is 43.9 Å². The van der Waals surface area contributed by atoms with Gasteiger partial charge in [0.25, 0.3) is 0 Å². The van der Waals surface area contributed by atoms with Crippen molar-refractivity contribution in [2.75, 3.05) is 5.75 Å². The first kappa shape index (κ1) is 18.1. The Labute approximate surface area is 136 Å². The number of ether oxygens (including phenoxy) is 1. The van der Waals surface area contributed by atoms with Crippen LogP contribution >= 0.6 is 0 Å². The van der Waals surface area contributed by atoms with Gasteiger partial charge in [-0.25, -0.2) is 8.42 Å². The molecule has 0 aliphatic carbocycles. The Kier molecular flexibility index (Phi) is 5.94. The second-order valence-corrected chi connectivity index (χ2v) is 7.73. The molecule has 0 aromatic heterocycles. The summed E-state index contributed by atoms with van der Waals surface area (Å²) in [6.45, 7) is 1.57. The van der Waals surface area contributed by atoms with Crippen LogP contribution in [-0.4, -0.2) is 60.0 Å². The minimum absolute atomic E-state index is 0.0384. The first-order chi connectivity index (χ1) is 10.8. The molecule has 1 heterocycles. The van der Waals surface area contributed by atoms with E-state index in [1.54, 1.807) is 19.1 Å². The lowest BCUT2D eigenvalue weighted by atomic mass is 9.94. The summed E-state index contributed by atoms with van der Waals surface area (Å²) in [4.78, 5) is 0. The summed E-state index contributed by atoms with van der Waals surface area (Å²) in [7, 11) is -3.47. The zero-order valence-corrected chi connectivity index (χ0v) is 13.6. The fraction of sp³-hybridized carbons (Fsp3) is 0.500. The molecule has 2 unspecified atom stereocenters. The Bertz CT molecular complexity index is 627. The van der Waals surface area contributed by atoms with Crippen molar-refractivity contribution in [2.24, 2.45) is 0 Å². The third-order valence-corrected chi connectivity index (χ3v) is 5.26. The van der Waals surface area contributed by atoms with Crippen molar-refractivity contribution < 1.29 is 28.5 Å². The third-order valence-electron chi connectivity index (χ3n) is 3.91. The molecule has 0 radical (unpaired) electrons. The third kappa shape index (κ3) is 4.86. The first-order valence-electron chi connectivity index (χ1n) is 7.46. The molecule has 6 nitrogen and oxygen atoms in total. The zero-order chi connectivity index (χ0) is 17.0. The van der Waals surface area contributed by atoms with Crippen LogP contribution in [0.15, 0.2) is 35.7 Å². The van der Waals surface area contributed by atoms with Crippen LogP contribution in [0.5, 0.6) is 0 Å².